The van der Waals surface area contributed by atoms with Crippen molar-refractivity contribution in [2.75, 3.05) is 5.75 Å². The van der Waals surface area contributed by atoms with Crippen molar-refractivity contribution in [3.63, 3.8) is 0 Å². The van der Waals surface area contributed by atoms with Gasteiger partial charge in [-0.15, -0.1) is 0 Å². The number of hydrogen-bond acceptors (Lipinski definition) is 24. The van der Waals surface area contributed by atoms with Gasteiger partial charge in [0, 0.05) is 55.9 Å². The molecule has 0 aromatic carbocycles. The summed E-state index contributed by atoms with van der Waals surface area (Å²) in [6.45, 7) is 58.7. The molecule has 0 amide bonds. The lowest BCUT2D eigenvalue weighted by Crippen LogP contribution is -2.26. The number of rotatable bonds is 78. The van der Waals surface area contributed by atoms with E-state index in [1.54, 1.807) is 0 Å². The van der Waals surface area contributed by atoms with Crippen LogP contribution in [0.5, 0.6) is 0 Å². The Hall–Kier alpha value is 5.64. The lowest BCUT2D eigenvalue weighted by atomic mass is 10.0. The van der Waals surface area contributed by atoms with Gasteiger partial charge in [-0.1, -0.05) is 419 Å². The molecule has 24 heteroatoms. The minimum absolute atomic E-state index is 0.0370. The SMILES string of the molecule is CCCCCCC(CCCCCC)SSCCC(C)(CCC=C(C)C)SSSC(CC(C)(CCC=C(C)C)SSSC(C)(CCC=C(C)C)CC1SSSC(CC(C)(CCC=C(C)C)SSC(C)(CC=O)CCC=C(C)C)SS1)SS/C=C\C(C)(CCC=C(C)C)SSSC(CC(C)(S)CCC=C(C)C)SSC(CCCCCC)CCCCCC. The number of allylic oxidation sites excluding steroid dienone is 14. The van der Waals surface area contributed by atoms with Gasteiger partial charge < -0.3 is 4.79 Å². The van der Waals surface area contributed by atoms with Gasteiger partial charge in [-0.2, -0.15) is 12.6 Å². The summed E-state index contributed by atoms with van der Waals surface area (Å²) in [6, 6.07) is 0. The molecule has 0 aromatic rings. The van der Waals surface area contributed by atoms with Crippen molar-refractivity contribution in [1.29, 1.82) is 0 Å². The molecule has 0 spiro atoms. The van der Waals surface area contributed by atoms with Gasteiger partial charge in [0.15, 0.2) is 0 Å². The van der Waals surface area contributed by atoms with E-state index in [2.05, 4.69) is 439 Å². The molecule has 1 saturated heterocycles. The van der Waals surface area contributed by atoms with E-state index in [1.807, 2.05) is 21.6 Å². The lowest BCUT2D eigenvalue weighted by molar-refractivity contribution is -0.108. The minimum Gasteiger partial charge on any atom is -0.303 e. The minimum atomic E-state index is -0.0924. The molecular weight excluding hydrogens is 1910 g/mol. The zero-order valence-corrected chi connectivity index (χ0v) is 98.9. The molecule has 0 N–H and O–H groups in total. The monoisotopic (exact) mass is 2080 g/mol. The normalized spacial score (nSPS) is 18.1. The van der Waals surface area contributed by atoms with Crippen LogP contribution in [0.3, 0.4) is 0 Å². The Kier molecular flexibility index (Phi) is 77.0. The Balaban J connectivity index is 3.99. The van der Waals surface area contributed by atoms with Crippen LogP contribution in [-0.4, -0.2) is 74.1 Å². The van der Waals surface area contributed by atoms with Gasteiger partial charge in [-0.3, -0.25) is 0 Å². The molecule has 11 atom stereocenters. The van der Waals surface area contributed by atoms with E-state index in [-0.39, 0.29) is 33.2 Å². The van der Waals surface area contributed by atoms with Crippen LogP contribution in [0.2, 0.25) is 0 Å². The third-order valence-corrected chi connectivity index (χ3v) is 61.6. The topological polar surface area (TPSA) is 17.1 Å². The molecule has 1 rings (SSSR count). The molecule has 1 nitrogen and oxygen atoms in total. The molecule has 1 aliphatic rings. The average molecular weight is 2080 g/mol. The molecule has 0 aliphatic carbocycles. The maximum atomic E-state index is 12.2. The van der Waals surface area contributed by atoms with E-state index in [4.69, 9.17) is 12.6 Å². The van der Waals surface area contributed by atoms with Crippen molar-refractivity contribution in [3.05, 3.63) is 93.0 Å². The first kappa shape index (κ1) is 124. The van der Waals surface area contributed by atoms with Crippen LogP contribution in [0.15, 0.2) is 93.0 Å². The number of carbonyl (C=O) groups is 1. The summed E-state index contributed by atoms with van der Waals surface area (Å²) in [4.78, 5) is 12.2. The van der Waals surface area contributed by atoms with E-state index in [0.29, 0.717) is 24.7 Å². The van der Waals surface area contributed by atoms with Crippen molar-refractivity contribution in [1.82, 2.24) is 0 Å². The van der Waals surface area contributed by atoms with Crippen LogP contribution in [0.25, 0.3) is 0 Å². The zero-order chi connectivity index (χ0) is 89.6. The van der Waals surface area contributed by atoms with E-state index in [0.717, 1.165) is 126 Å². The Morgan fingerprint density at radius 2 is 0.725 bits per heavy atom. The molecule has 11 unspecified atom stereocenters. The highest BCUT2D eigenvalue weighted by Crippen LogP contribution is 2.65. The van der Waals surface area contributed by atoms with Crippen LogP contribution < -0.4 is 0 Å². The van der Waals surface area contributed by atoms with E-state index in [1.165, 1.54) is 186 Å². The van der Waals surface area contributed by atoms with Gasteiger partial charge in [0.2, 0.25) is 0 Å². The van der Waals surface area contributed by atoms with E-state index >= 15 is 0 Å². The summed E-state index contributed by atoms with van der Waals surface area (Å²) in [5.41, 5.74) is 9.86. The highest BCUT2D eigenvalue weighted by atomic mass is 33.5. The van der Waals surface area contributed by atoms with Crippen LogP contribution in [0.4, 0.5) is 0 Å². The Morgan fingerprint density at radius 3 is 1.17 bits per heavy atom. The summed E-state index contributed by atoms with van der Waals surface area (Å²) in [7, 11) is 47.1. The highest BCUT2D eigenvalue weighted by molar-refractivity contribution is 9.13. The molecule has 0 radical (unpaired) electrons. The Labute approximate surface area is 837 Å². The van der Waals surface area contributed by atoms with Crippen LogP contribution >= 0.6 is 246 Å². The molecule has 1 heterocycles. The Morgan fingerprint density at radius 1 is 0.358 bits per heavy atom. The first-order valence-electron chi connectivity index (χ1n) is 45.8. The lowest BCUT2D eigenvalue weighted by Gasteiger charge is -2.35. The summed E-state index contributed by atoms with van der Waals surface area (Å²) >= 11 is 5.48. The smallest absolute Gasteiger partial charge is 0.121 e. The molecule has 1 aliphatic heterocycles. The third kappa shape index (κ3) is 69.4. The predicted octanol–water partition coefficient (Wildman–Crippen LogP) is 44.5. The summed E-state index contributed by atoms with van der Waals surface area (Å²) in [6.07, 6.45) is 69.9. The van der Waals surface area contributed by atoms with Crippen molar-refractivity contribution >= 4 is 253 Å². The van der Waals surface area contributed by atoms with E-state index in [9.17, 15) is 4.79 Å². The van der Waals surface area contributed by atoms with Gasteiger partial charge >= 0.3 is 0 Å². The number of thiol groups is 1. The summed E-state index contributed by atoms with van der Waals surface area (Å²) in [5, 5.41) is 4.02. The van der Waals surface area contributed by atoms with Crippen LogP contribution in [0, 0.1) is 0 Å². The first-order chi connectivity index (χ1) is 56.9. The van der Waals surface area contributed by atoms with Gasteiger partial charge in [-0.05, 0) is 331 Å². The van der Waals surface area contributed by atoms with Gasteiger partial charge in [0.1, 0.15) is 6.29 Å². The second-order valence-corrected chi connectivity index (χ2v) is 72.2. The van der Waals surface area contributed by atoms with E-state index < -0.39 is 0 Å². The van der Waals surface area contributed by atoms with Crippen molar-refractivity contribution in [2.24, 2.45) is 0 Å². The fourth-order valence-electron chi connectivity index (χ4n) is 13.1. The van der Waals surface area contributed by atoms with Crippen LogP contribution in [-0.2, 0) is 4.79 Å². The third-order valence-electron chi connectivity index (χ3n) is 21.1. The fourth-order valence-corrected chi connectivity index (χ4v) is 59.2. The number of unbranched alkanes of at least 4 members (excludes halogenated alkanes) is 12. The maximum absolute atomic E-state index is 12.2. The van der Waals surface area contributed by atoms with Gasteiger partial charge in [-0.25, -0.2) is 0 Å². The largest absolute Gasteiger partial charge is 0.303 e. The maximum Gasteiger partial charge on any atom is 0.121 e. The number of carbonyl (C=O) groups excluding carboxylic acids is 1. The standard InChI is InChI=1S/C96H174OS23/c1-26-30-34-38-56-84(57-39-35-31-27-2)101-99-71-68-92(21,62-44-51-79(9)10)114-119-110-87(103-100-72-69-93(22,63-45-52-80(11)12)113-118-109-86(73-90(19,98)60-42-49-77(5)6)104-102-85(58-40-36-32-28-3)59-41-37-33-29-4)74-95(24,65-47-54-82(15)16)115-120-116-96(25,66-48-55-83(17)18)76-89-106-105-88(107-117-108-89)75-94(23,64-46-53-81(13)14)112-111-91(20,67-70-97)61-43-50-78(7)8/h49-55,69-70,72,84-89,98H,26-48,56-68,71,73-76H2,1-25H3/b72-69-. The Bertz CT molecular complexity index is 2810. The average Bonchev–Trinajstić information content (AvgIpc) is 1.12. The highest BCUT2D eigenvalue weighted by Gasteiger charge is 2.40. The second kappa shape index (κ2) is 74.8. The number of aldehydes is 1. The first-order valence-corrected chi connectivity index (χ1v) is 71.8. The predicted molar refractivity (Wildman–Crippen MR) is 621 cm³/mol. The molecule has 120 heavy (non-hydrogen) atoms. The zero-order valence-electron chi connectivity index (χ0n) is 80.1. The van der Waals surface area contributed by atoms with Gasteiger partial charge in [0.05, 0.1) is 18.3 Å². The molecule has 0 saturated carbocycles. The second-order valence-electron chi connectivity index (χ2n) is 37.1. The van der Waals surface area contributed by atoms with Crippen molar-refractivity contribution < 1.29 is 4.79 Å². The summed E-state index contributed by atoms with van der Waals surface area (Å²) in [5.74, 6) is 1.21. The number of hydrogen-bond donors (Lipinski definition) is 1. The van der Waals surface area contributed by atoms with Gasteiger partial charge in [0.25, 0.3) is 0 Å². The van der Waals surface area contributed by atoms with Crippen molar-refractivity contribution in [3.8, 4) is 0 Å². The quantitative estimate of drug-likeness (QED) is 0.0155. The molecule has 702 valence electrons. The molecular formula is C96H174OS23. The molecule has 0 bridgehead atoms. The van der Waals surface area contributed by atoms with Crippen molar-refractivity contribution in [2.45, 2.75) is 492 Å². The summed E-state index contributed by atoms with van der Waals surface area (Å²) < 4.78 is 1.97. The fraction of sp³-hybridized carbons (Fsp3) is 0.823. The van der Waals surface area contributed by atoms with Crippen LogP contribution in [0.1, 0.15) is 430 Å². The molecule has 1 fully saturated rings. The molecule has 0 aromatic heterocycles.